The predicted octanol–water partition coefficient (Wildman–Crippen LogP) is 7.27. The Morgan fingerprint density at radius 1 is 0.545 bits per heavy atom. The molecular formula is C32H26O. The van der Waals surface area contributed by atoms with Gasteiger partial charge in [-0.2, -0.15) is 0 Å². The van der Waals surface area contributed by atoms with Gasteiger partial charge < -0.3 is 4.74 Å². The summed E-state index contributed by atoms with van der Waals surface area (Å²) in [5.41, 5.74) is 6.43. The molecule has 2 heterocycles. The second kappa shape index (κ2) is 6.79. The third-order valence-electron chi connectivity index (χ3n) is 8.16. The number of ether oxygens (including phenoxy) is 1. The van der Waals surface area contributed by atoms with Crippen molar-refractivity contribution >= 4 is 0 Å². The molecule has 4 aromatic rings. The maximum absolute atomic E-state index is 7.63. The monoisotopic (exact) mass is 426 g/mol. The smallest absolute Gasteiger partial charge is 0.142 e. The molecule has 0 spiro atoms. The number of allylic oxidation sites excluding steroid dienone is 1. The summed E-state index contributed by atoms with van der Waals surface area (Å²) < 4.78 is 7.63. The van der Waals surface area contributed by atoms with Crippen molar-refractivity contribution in [1.82, 2.24) is 0 Å². The average Bonchev–Trinajstić information content (AvgIpc) is 3.39. The van der Waals surface area contributed by atoms with Crippen LogP contribution >= 0.6 is 0 Å². The van der Waals surface area contributed by atoms with Crippen molar-refractivity contribution in [1.29, 1.82) is 0 Å². The van der Waals surface area contributed by atoms with Crippen LogP contribution in [0.4, 0.5) is 0 Å². The van der Waals surface area contributed by atoms with Gasteiger partial charge in [-0.15, -0.1) is 0 Å². The second-order valence-corrected chi connectivity index (χ2v) is 9.52. The molecule has 2 aliphatic heterocycles. The zero-order valence-electron chi connectivity index (χ0n) is 18.6. The van der Waals surface area contributed by atoms with Crippen molar-refractivity contribution in [2.24, 2.45) is 0 Å². The zero-order valence-corrected chi connectivity index (χ0v) is 18.6. The lowest BCUT2D eigenvalue weighted by Crippen LogP contribution is -2.50. The highest BCUT2D eigenvalue weighted by Gasteiger charge is 2.75. The Kier molecular flexibility index (Phi) is 3.93. The summed E-state index contributed by atoms with van der Waals surface area (Å²) in [6.07, 6.45) is 5.82. The van der Waals surface area contributed by atoms with Gasteiger partial charge in [-0.25, -0.2) is 0 Å². The van der Waals surface area contributed by atoms with Crippen molar-refractivity contribution in [3.8, 4) is 0 Å². The SMILES string of the molecule is C1=C2C(c3ccccc3)(CCC1)[C@@]1(c3ccccc3)O[C@]2(c2ccccc2)c2ccccc21. The van der Waals surface area contributed by atoms with E-state index in [2.05, 4.69) is 121 Å². The number of hydrogen-bond donors (Lipinski definition) is 0. The Bertz CT molecular complexity index is 1360. The lowest BCUT2D eigenvalue weighted by Gasteiger charge is -2.50. The molecule has 4 aromatic carbocycles. The van der Waals surface area contributed by atoms with Gasteiger partial charge in [-0.3, -0.25) is 0 Å². The number of benzene rings is 4. The van der Waals surface area contributed by atoms with E-state index >= 15 is 0 Å². The number of hydrogen-bond acceptors (Lipinski definition) is 1. The van der Waals surface area contributed by atoms with Crippen LogP contribution in [0, 0.1) is 0 Å². The minimum absolute atomic E-state index is 0.252. The van der Waals surface area contributed by atoms with Crippen LogP contribution in [0.2, 0.25) is 0 Å². The molecule has 0 saturated carbocycles. The van der Waals surface area contributed by atoms with Gasteiger partial charge in [-0.1, -0.05) is 121 Å². The van der Waals surface area contributed by atoms with Crippen LogP contribution in [-0.2, 0) is 21.4 Å². The fourth-order valence-electron chi connectivity index (χ4n) is 7.09. The zero-order chi connectivity index (χ0) is 21.9. The molecule has 0 radical (unpaired) electrons. The fourth-order valence-corrected chi connectivity index (χ4v) is 7.09. The van der Waals surface area contributed by atoms with E-state index in [4.69, 9.17) is 4.74 Å². The van der Waals surface area contributed by atoms with Crippen molar-refractivity contribution in [3.05, 3.63) is 155 Å². The van der Waals surface area contributed by atoms with E-state index < -0.39 is 11.2 Å². The van der Waals surface area contributed by atoms with Gasteiger partial charge >= 0.3 is 0 Å². The van der Waals surface area contributed by atoms with Gasteiger partial charge in [0.25, 0.3) is 0 Å². The van der Waals surface area contributed by atoms with E-state index in [1.54, 1.807) is 0 Å². The molecule has 33 heavy (non-hydrogen) atoms. The minimum atomic E-state index is -0.579. The van der Waals surface area contributed by atoms with Crippen LogP contribution in [0.1, 0.15) is 47.1 Å². The summed E-state index contributed by atoms with van der Waals surface area (Å²) in [5, 5.41) is 0. The van der Waals surface area contributed by atoms with E-state index in [1.807, 2.05) is 0 Å². The molecule has 1 saturated heterocycles. The molecule has 0 N–H and O–H groups in total. The van der Waals surface area contributed by atoms with Crippen LogP contribution in [0.3, 0.4) is 0 Å². The molecule has 0 amide bonds. The van der Waals surface area contributed by atoms with E-state index in [1.165, 1.54) is 33.4 Å². The van der Waals surface area contributed by atoms with Gasteiger partial charge in [0.05, 0.1) is 5.41 Å². The normalized spacial score (nSPS) is 29.3. The molecule has 3 atom stereocenters. The first kappa shape index (κ1) is 19.1. The van der Waals surface area contributed by atoms with Crippen LogP contribution < -0.4 is 0 Å². The molecule has 1 aliphatic carbocycles. The summed E-state index contributed by atoms with van der Waals surface area (Å²) in [7, 11) is 0. The maximum Gasteiger partial charge on any atom is 0.142 e. The third-order valence-corrected chi connectivity index (χ3v) is 8.16. The topological polar surface area (TPSA) is 9.23 Å². The van der Waals surface area contributed by atoms with Crippen molar-refractivity contribution in [2.75, 3.05) is 0 Å². The molecule has 2 bridgehead atoms. The fraction of sp³-hybridized carbons (Fsp3) is 0.188. The molecule has 3 aliphatic rings. The van der Waals surface area contributed by atoms with Crippen LogP contribution in [0.15, 0.2) is 127 Å². The molecule has 1 nitrogen and oxygen atoms in total. The Balaban J connectivity index is 1.68. The summed E-state index contributed by atoms with van der Waals surface area (Å²) >= 11 is 0. The van der Waals surface area contributed by atoms with Crippen molar-refractivity contribution in [2.45, 2.75) is 35.9 Å². The van der Waals surface area contributed by atoms with Crippen LogP contribution in [0.25, 0.3) is 0 Å². The standard InChI is InChI=1S/C32H26O/c1-4-14-24(15-5-1)30-23-13-12-22-29(30)31(25-16-6-2-7-17-25)27-20-10-11-21-28(27)32(30,33-31)26-18-8-3-9-19-26/h1-11,14-22H,12-13,23H2/t30?,31-,32+/m1/s1. The van der Waals surface area contributed by atoms with Gasteiger partial charge in [0.1, 0.15) is 11.2 Å². The minimum Gasteiger partial charge on any atom is -0.344 e. The highest BCUT2D eigenvalue weighted by atomic mass is 16.5. The average molecular weight is 427 g/mol. The molecular weight excluding hydrogens is 400 g/mol. The van der Waals surface area contributed by atoms with E-state index in [0.717, 1.165) is 19.3 Å². The van der Waals surface area contributed by atoms with Crippen LogP contribution in [0.5, 0.6) is 0 Å². The molecule has 0 aromatic heterocycles. The summed E-state index contributed by atoms with van der Waals surface area (Å²) in [4.78, 5) is 0. The van der Waals surface area contributed by atoms with Gasteiger partial charge in [0.2, 0.25) is 0 Å². The van der Waals surface area contributed by atoms with Gasteiger partial charge in [0, 0.05) is 0 Å². The summed E-state index contributed by atoms with van der Waals surface area (Å²) in [6.45, 7) is 0. The quantitative estimate of drug-likeness (QED) is 0.313. The van der Waals surface area contributed by atoms with Crippen molar-refractivity contribution < 1.29 is 4.74 Å². The molecule has 1 heteroatoms. The number of rotatable bonds is 3. The first-order chi connectivity index (χ1) is 16.3. The summed E-state index contributed by atoms with van der Waals surface area (Å²) in [6, 6.07) is 41.9. The predicted molar refractivity (Wildman–Crippen MR) is 132 cm³/mol. The molecule has 1 unspecified atom stereocenters. The first-order valence-electron chi connectivity index (χ1n) is 12.0. The van der Waals surface area contributed by atoms with Crippen LogP contribution in [-0.4, -0.2) is 0 Å². The van der Waals surface area contributed by atoms with E-state index in [0.29, 0.717) is 0 Å². The second-order valence-electron chi connectivity index (χ2n) is 9.52. The van der Waals surface area contributed by atoms with Gasteiger partial charge in [-0.05, 0) is 52.7 Å². The molecule has 160 valence electrons. The Morgan fingerprint density at radius 3 is 1.76 bits per heavy atom. The molecule has 7 rings (SSSR count). The van der Waals surface area contributed by atoms with E-state index in [9.17, 15) is 0 Å². The Morgan fingerprint density at radius 2 is 1.09 bits per heavy atom. The maximum atomic E-state index is 7.63. The van der Waals surface area contributed by atoms with Crippen molar-refractivity contribution in [3.63, 3.8) is 0 Å². The highest BCUT2D eigenvalue weighted by Crippen LogP contribution is 2.75. The largest absolute Gasteiger partial charge is 0.344 e. The Labute approximate surface area is 195 Å². The lowest BCUT2D eigenvalue weighted by atomic mass is 9.49. The van der Waals surface area contributed by atoms with Gasteiger partial charge in [0.15, 0.2) is 0 Å². The summed E-state index contributed by atoms with van der Waals surface area (Å²) in [5.74, 6) is 0. The Hall–Kier alpha value is -3.42. The third kappa shape index (κ3) is 2.16. The first-order valence-corrected chi connectivity index (χ1v) is 12.0. The van der Waals surface area contributed by atoms with E-state index in [-0.39, 0.29) is 5.41 Å². The highest BCUT2D eigenvalue weighted by molar-refractivity contribution is 5.71. The lowest BCUT2D eigenvalue weighted by molar-refractivity contribution is -0.0563. The molecule has 1 fully saturated rings. The number of fused-ring (bicyclic) bond motifs is 8.